The molecule has 8 heteroatoms. The van der Waals surface area contributed by atoms with E-state index >= 15 is 0 Å². The van der Waals surface area contributed by atoms with E-state index in [-0.39, 0.29) is 36.8 Å². The Kier molecular flexibility index (Phi) is 6.10. The van der Waals surface area contributed by atoms with E-state index in [1.165, 1.54) is 7.11 Å². The molecule has 0 spiro atoms. The number of amides is 1. The summed E-state index contributed by atoms with van der Waals surface area (Å²) in [5.74, 6) is -0.960. The van der Waals surface area contributed by atoms with Gasteiger partial charge in [0.1, 0.15) is 11.9 Å². The van der Waals surface area contributed by atoms with Crippen LogP contribution in [0.15, 0.2) is 29.4 Å². The van der Waals surface area contributed by atoms with Gasteiger partial charge in [0.2, 0.25) is 5.91 Å². The van der Waals surface area contributed by atoms with Gasteiger partial charge in [0.15, 0.2) is 0 Å². The third kappa shape index (κ3) is 5.03. The lowest BCUT2D eigenvalue weighted by molar-refractivity contribution is -0.144. The highest BCUT2D eigenvalue weighted by Gasteiger charge is 2.25. The Bertz CT molecular complexity index is 684. The van der Waals surface area contributed by atoms with Crippen LogP contribution in [-0.2, 0) is 19.2 Å². The quantitative estimate of drug-likeness (QED) is 0.382. The Labute approximate surface area is 145 Å². The fourth-order valence-electron chi connectivity index (χ4n) is 2.38. The van der Waals surface area contributed by atoms with Crippen LogP contribution in [0.3, 0.4) is 0 Å². The average molecular weight is 346 g/mol. The number of carbonyl (C=O) groups is 2. The van der Waals surface area contributed by atoms with Gasteiger partial charge in [-0.1, -0.05) is 36.3 Å². The zero-order valence-electron chi connectivity index (χ0n) is 14.2. The van der Waals surface area contributed by atoms with Gasteiger partial charge in [-0.2, -0.15) is 0 Å². The molecule has 1 amide bonds. The minimum atomic E-state index is -0.398. The molecule has 1 aliphatic rings. The van der Waals surface area contributed by atoms with Crippen molar-refractivity contribution in [3.8, 4) is 0 Å². The maximum atomic E-state index is 11.9. The smallest absolute Gasteiger partial charge is 0.310 e. The zero-order chi connectivity index (χ0) is 18.4. The third-order valence-corrected chi connectivity index (χ3v) is 3.88. The Morgan fingerprint density at radius 3 is 2.72 bits per heavy atom. The van der Waals surface area contributed by atoms with Crippen LogP contribution in [0.1, 0.15) is 30.9 Å². The summed E-state index contributed by atoms with van der Waals surface area (Å²) in [6.45, 7) is 1.91. The van der Waals surface area contributed by atoms with Crippen molar-refractivity contribution in [2.45, 2.75) is 25.9 Å². The molecule has 2 rings (SSSR count). The van der Waals surface area contributed by atoms with Gasteiger partial charge < -0.3 is 20.6 Å². The number of hydrogen-bond donors (Lipinski definition) is 3. The predicted molar refractivity (Wildman–Crippen MR) is 92.3 cm³/mol. The van der Waals surface area contributed by atoms with Crippen LogP contribution in [0, 0.1) is 11.3 Å². The minimum Gasteiger partial charge on any atom is -0.469 e. The van der Waals surface area contributed by atoms with Crippen molar-refractivity contribution in [1.82, 2.24) is 5.32 Å². The standard InChI is InChI=1S/C17H22N4O4/c1-10(17(23)24-2)9-20-15(22)8-13-7-14(21-25-13)11-3-5-12(6-4-11)16(18)19/h3-6,10,13H,7-9H2,1-2H3,(H3,18,19)(H,20,22). The van der Waals surface area contributed by atoms with Crippen molar-refractivity contribution in [2.24, 2.45) is 16.8 Å². The van der Waals surface area contributed by atoms with Gasteiger partial charge >= 0.3 is 5.97 Å². The maximum absolute atomic E-state index is 11.9. The van der Waals surface area contributed by atoms with Crippen molar-refractivity contribution < 1.29 is 19.2 Å². The van der Waals surface area contributed by atoms with Crippen molar-refractivity contribution in [3.05, 3.63) is 35.4 Å². The Balaban J connectivity index is 1.80. The number of nitrogens with zero attached hydrogens (tertiary/aromatic N) is 1. The summed E-state index contributed by atoms with van der Waals surface area (Å²) in [6.07, 6.45) is 0.335. The highest BCUT2D eigenvalue weighted by molar-refractivity contribution is 6.02. The Morgan fingerprint density at radius 2 is 2.12 bits per heavy atom. The largest absolute Gasteiger partial charge is 0.469 e. The molecular weight excluding hydrogens is 324 g/mol. The molecule has 0 aromatic heterocycles. The molecule has 134 valence electrons. The zero-order valence-corrected chi connectivity index (χ0v) is 14.2. The van der Waals surface area contributed by atoms with Crippen molar-refractivity contribution in [3.63, 3.8) is 0 Å². The molecule has 0 fully saturated rings. The first kappa shape index (κ1) is 18.4. The average Bonchev–Trinajstić information content (AvgIpc) is 3.07. The molecule has 8 nitrogen and oxygen atoms in total. The van der Waals surface area contributed by atoms with E-state index in [9.17, 15) is 9.59 Å². The lowest BCUT2D eigenvalue weighted by atomic mass is 10.0. The van der Waals surface area contributed by atoms with Gasteiger partial charge in [-0.15, -0.1) is 0 Å². The molecule has 2 atom stereocenters. The van der Waals surface area contributed by atoms with Crippen LogP contribution in [0.4, 0.5) is 0 Å². The van der Waals surface area contributed by atoms with E-state index in [0.29, 0.717) is 12.0 Å². The third-order valence-electron chi connectivity index (χ3n) is 3.88. The summed E-state index contributed by atoms with van der Waals surface area (Å²) in [6, 6.07) is 7.13. The number of nitrogen functional groups attached to an aromatic ring is 1. The Morgan fingerprint density at radius 1 is 1.44 bits per heavy atom. The number of esters is 1. The molecule has 0 saturated heterocycles. The van der Waals surface area contributed by atoms with E-state index in [4.69, 9.17) is 16.0 Å². The number of amidine groups is 1. The summed E-state index contributed by atoms with van der Waals surface area (Å²) in [5, 5.41) is 14.1. The van der Waals surface area contributed by atoms with Crippen LogP contribution in [0.5, 0.6) is 0 Å². The number of rotatable bonds is 7. The topological polar surface area (TPSA) is 127 Å². The van der Waals surface area contributed by atoms with E-state index in [1.54, 1.807) is 19.1 Å². The number of nitrogens with two attached hydrogens (primary N) is 1. The van der Waals surface area contributed by atoms with Gasteiger partial charge in [-0.05, 0) is 5.56 Å². The maximum Gasteiger partial charge on any atom is 0.310 e. The minimum absolute atomic E-state index is 0.00638. The number of hydrogen-bond acceptors (Lipinski definition) is 6. The molecule has 0 radical (unpaired) electrons. The van der Waals surface area contributed by atoms with Gasteiger partial charge in [0.05, 0.1) is 25.2 Å². The number of methoxy groups -OCH3 is 1. The predicted octanol–water partition coefficient (Wildman–Crippen LogP) is 0.779. The van der Waals surface area contributed by atoms with Crippen molar-refractivity contribution >= 4 is 23.4 Å². The number of nitrogens with one attached hydrogen (secondary N) is 2. The molecule has 0 bridgehead atoms. The summed E-state index contributed by atoms with van der Waals surface area (Å²) in [5.41, 5.74) is 7.68. The lowest BCUT2D eigenvalue weighted by Gasteiger charge is -2.12. The Hall–Kier alpha value is -2.90. The van der Waals surface area contributed by atoms with Gasteiger partial charge in [-0.25, -0.2) is 0 Å². The summed E-state index contributed by atoms with van der Waals surface area (Å²) in [4.78, 5) is 28.6. The van der Waals surface area contributed by atoms with E-state index in [2.05, 4.69) is 15.2 Å². The molecule has 4 N–H and O–H groups in total. The van der Waals surface area contributed by atoms with E-state index in [1.807, 2.05) is 12.1 Å². The number of carbonyl (C=O) groups excluding carboxylic acids is 2. The fourth-order valence-corrected chi connectivity index (χ4v) is 2.38. The fraction of sp³-hybridized carbons (Fsp3) is 0.412. The molecule has 0 aliphatic carbocycles. The molecule has 1 aromatic rings. The second-order valence-electron chi connectivity index (χ2n) is 5.89. The molecule has 1 aromatic carbocycles. The molecular formula is C17H22N4O4. The van der Waals surface area contributed by atoms with Crippen LogP contribution in [-0.4, -0.2) is 43.2 Å². The van der Waals surface area contributed by atoms with Crippen LogP contribution in [0.2, 0.25) is 0 Å². The molecule has 25 heavy (non-hydrogen) atoms. The van der Waals surface area contributed by atoms with Gasteiger partial charge in [-0.3, -0.25) is 15.0 Å². The second-order valence-corrected chi connectivity index (χ2v) is 5.89. The lowest BCUT2D eigenvalue weighted by Crippen LogP contribution is -2.34. The monoisotopic (exact) mass is 346 g/mol. The van der Waals surface area contributed by atoms with Crippen LogP contribution >= 0.6 is 0 Å². The molecule has 2 unspecified atom stereocenters. The first-order valence-corrected chi connectivity index (χ1v) is 7.92. The van der Waals surface area contributed by atoms with E-state index in [0.717, 1.165) is 11.3 Å². The number of oxime groups is 1. The van der Waals surface area contributed by atoms with Crippen LogP contribution < -0.4 is 11.1 Å². The number of benzene rings is 1. The summed E-state index contributed by atoms with van der Waals surface area (Å²) < 4.78 is 4.61. The molecule has 1 heterocycles. The second kappa shape index (κ2) is 8.27. The van der Waals surface area contributed by atoms with Crippen LogP contribution in [0.25, 0.3) is 0 Å². The number of ether oxygens (including phenoxy) is 1. The summed E-state index contributed by atoms with van der Waals surface area (Å²) >= 11 is 0. The first-order chi connectivity index (χ1) is 11.9. The van der Waals surface area contributed by atoms with Gasteiger partial charge in [0, 0.05) is 18.5 Å². The summed E-state index contributed by atoms with van der Waals surface area (Å²) in [7, 11) is 1.31. The van der Waals surface area contributed by atoms with E-state index < -0.39 is 5.92 Å². The van der Waals surface area contributed by atoms with Crippen molar-refractivity contribution in [2.75, 3.05) is 13.7 Å². The highest BCUT2D eigenvalue weighted by Crippen LogP contribution is 2.19. The van der Waals surface area contributed by atoms with Crippen molar-refractivity contribution in [1.29, 1.82) is 5.41 Å². The molecule has 1 aliphatic heterocycles. The highest BCUT2D eigenvalue weighted by atomic mass is 16.6. The normalized spacial score (nSPS) is 17.2. The van der Waals surface area contributed by atoms with Gasteiger partial charge in [0.25, 0.3) is 0 Å². The first-order valence-electron chi connectivity index (χ1n) is 7.92. The molecule has 0 saturated carbocycles. The SMILES string of the molecule is COC(=O)C(C)CNC(=O)CC1CC(c2ccc(C(=N)N)cc2)=NO1.